The van der Waals surface area contributed by atoms with Gasteiger partial charge in [-0.15, -0.1) is 0 Å². The fourth-order valence-corrected chi connectivity index (χ4v) is 2.49. The molecule has 0 N–H and O–H groups in total. The SMILES string of the molecule is CCOC(=O)Cc1nc(-c2ccc(F)cc2)oc1-c1ccc(Cl)cc1. The molecule has 0 saturated carbocycles. The molecule has 0 fully saturated rings. The lowest BCUT2D eigenvalue weighted by Crippen LogP contribution is -2.08. The van der Waals surface area contributed by atoms with Gasteiger partial charge in [0.05, 0.1) is 18.7 Å². The van der Waals surface area contributed by atoms with Crippen LogP contribution in [0.15, 0.2) is 52.9 Å². The van der Waals surface area contributed by atoms with Gasteiger partial charge in [0.1, 0.15) is 5.82 Å². The van der Waals surface area contributed by atoms with Crippen molar-refractivity contribution in [1.29, 1.82) is 0 Å². The van der Waals surface area contributed by atoms with Crippen LogP contribution < -0.4 is 0 Å². The first kappa shape index (κ1) is 17.2. The maximum Gasteiger partial charge on any atom is 0.312 e. The Bertz CT molecular complexity index is 873. The van der Waals surface area contributed by atoms with Crippen molar-refractivity contribution in [2.75, 3.05) is 6.61 Å². The first-order chi connectivity index (χ1) is 12.1. The van der Waals surface area contributed by atoms with Crippen molar-refractivity contribution in [2.24, 2.45) is 0 Å². The van der Waals surface area contributed by atoms with Crippen LogP contribution in [0, 0.1) is 5.82 Å². The topological polar surface area (TPSA) is 52.3 Å². The Kier molecular flexibility index (Phi) is 5.14. The number of hydrogen-bond donors (Lipinski definition) is 0. The summed E-state index contributed by atoms with van der Waals surface area (Å²) in [4.78, 5) is 16.3. The van der Waals surface area contributed by atoms with E-state index < -0.39 is 5.97 Å². The predicted octanol–water partition coefficient (Wildman–Crippen LogP) is 4.91. The molecule has 0 saturated heterocycles. The first-order valence-electron chi connectivity index (χ1n) is 7.74. The van der Waals surface area contributed by atoms with E-state index in [1.165, 1.54) is 12.1 Å². The van der Waals surface area contributed by atoms with E-state index in [9.17, 15) is 9.18 Å². The number of benzene rings is 2. The van der Waals surface area contributed by atoms with Gasteiger partial charge in [-0.2, -0.15) is 0 Å². The zero-order chi connectivity index (χ0) is 17.8. The second-order valence-electron chi connectivity index (χ2n) is 5.29. The summed E-state index contributed by atoms with van der Waals surface area (Å²) in [6.45, 7) is 2.03. The molecule has 25 heavy (non-hydrogen) atoms. The normalized spacial score (nSPS) is 10.7. The highest BCUT2D eigenvalue weighted by atomic mass is 35.5. The molecule has 0 aliphatic heterocycles. The molecule has 0 atom stereocenters. The third-order valence-corrected chi connectivity index (χ3v) is 3.76. The Morgan fingerprint density at radius 2 is 1.76 bits per heavy atom. The second-order valence-corrected chi connectivity index (χ2v) is 5.73. The largest absolute Gasteiger partial charge is 0.466 e. The van der Waals surface area contributed by atoms with Gasteiger partial charge >= 0.3 is 5.97 Å². The Morgan fingerprint density at radius 3 is 2.40 bits per heavy atom. The van der Waals surface area contributed by atoms with Gasteiger partial charge in [0.2, 0.25) is 5.89 Å². The molecule has 0 aliphatic rings. The van der Waals surface area contributed by atoms with Crippen LogP contribution in [-0.4, -0.2) is 17.6 Å². The van der Waals surface area contributed by atoms with Crippen LogP contribution in [0.25, 0.3) is 22.8 Å². The van der Waals surface area contributed by atoms with Crippen LogP contribution in [0.4, 0.5) is 4.39 Å². The zero-order valence-corrected chi connectivity index (χ0v) is 14.2. The van der Waals surface area contributed by atoms with Crippen molar-refractivity contribution in [2.45, 2.75) is 13.3 Å². The third kappa shape index (κ3) is 4.06. The molecule has 3 rings (SSSR count). The van der Waals surface area contributed by atoms with E-state index in [0.717, 1.165) is 5.56 Å². The number of rotatable bonds is 5. The van der Waals surface area contributed by atoms with Crippen molar-refractivity contribution in [1.82, 2.24) is 4.98 Å². The fourth-order valence-electron chi connectivity index (χ4n) is 2.36. The van der Waals surface area contributed by atoms with Crippen molar-refractivity contribution in [3.63, 3.8) is 0 Å². The van der Waals surface area contributed by atoms with Gasteiger partial charge in [-0.05, 0) is 55.5 Å². The van der Waals surface area contributed by atoms with E-state index >= 15 is 0 Å². The molecule has 1 heterocycles. The summed E-state index contributed by atoms with van der Waals surface area (Å²) in [7, 11) is 0. The maximum atomic E-state index is 13.1. The van der Waals surface area contributed by atoms with Gasteiger partial charge in [-0.25, -0.2) is 9.37 Å². The number of oxazole rings is 1. The fraction of sp³-hybridized carbons (Fsp3) is 0.158. The molecule has 2 aromatic carbocycles. The van der Waals surface area contributed by atoms with E-state index in [1.807, 2.05) is 0 Å². The van der Waals surface area contributed by atoms with Crippen LogP contribution >= 0.6 is 11.6 Å². The van der Waals surface area contributed by atoms with E-state index in [1.54, 1.807) is 43.3 Å². The second kappa shape index (κ2) is 7.49. The molecule has 6 heteroatoms. The molecule has 0 bridgehead atoms. The quantitative estimate of drug-likeness (QED) is 0.607. The molecule has 128 valence electrons. The molecule has 0 amide bonds. The van der Waals surface area contributed by atoms with Gasteiger partial charge in [-0.1, -0.05) is 11.6 Å². The first-order valence-corrected chi connectivity index (χ1v) is 8.12. The summed E-state index contributed by atoms with van der Waals surface area (Å²) >= 11 is 5.92. The standard InChI is InChI=1S/C19H15ClFNO3/c1-2-24-17(23)11-16-18(12-3-7-14(20)8-4-12)25-19(22-16)13-5-9-15(21)10-6-13/h3-10H,2,11H2,1H3. The monoisotopic (exact) mass is 359 g/mol. The number of carbonyl (C=O) groups is 1. The third-order valence-electron chi connectivity index (χ3n) is 3.51. The minimum Gasteiger partial charge on any atom is -0.466 e. The molecule has 0 radical (unpaired) electrons. The Labute approximate surface area is 149 Å². The summed E-state index contributed by atoms with van der Waals surface area (Å²) < 4.78 is 24.0. The number of carbonyl (C=O) groups excluding carboxylic acids is 1. The van der Waals surface area contributed by atoms with Gasteiger partial charge < -0.3 is 9.15 Å². The number of ether oxygens (including phenoxy) is 1. The van der Waals surface area contributed by atoms with Crippen LogP contribution in [0.2, 0.25) is 5.02 Å². The summed E-state index contributed by atoms with van der Waals surface area (Å²) in [5.41, 5.74) is 1.82. The van der Waals surface area contributed by atoms with E-state index in [-0.39, 0.29) is 18.8 Å². The lowest BCUT2D eigenvalue weighted by Gasteiger charge is -2.02. The predicted molar refractivity (Wildman–Crippen MR) is 92.7 cm³/mol. The average molecular weight is 360 g/mol. The number of nitrogens with zero attached hydrogens (tertiary/aromatic N) is 1. The van der Waals surface area contributed by atoms with Crippen LogP contribution in [0.1, 0.15) is 12.6 Å². The van der Waals surface area contributed by atoms with Crippen LogP contribution in [-0.2, 0) is 16.0 Å². The highest BCUT2D eigenvalue weighted by Crippen LogP contribution is 2.31. The van der Waals surface area contributed by atoms with Crippen molar-refractivity contribution in [3.05, 3.63) is 65.1 Å². The van der Waals surface area contributed by atoms with Gasteiger partial charge in [0.25, 0.3) is 0 Å². The minimum atomic E-state index is -0.392. The highest BCUT2D eigenvalue weighted by molar-refractivity contribution is 6.30. The maximum absolute atomic E-state index is 13.1. The number of halogens is 2. The van der Waals surface area contributed by atoms with E-state index in [4.69, 9.17) is 20.8 Å². The Hall–Kier alpha value is -2.66. The van der Waals surface area contributed by atoms with Crippen LogP contribution in [0.3, 0.4) is 0 Å². The molecule has 0 aliphatic carbocycles. The van der Waals surface area contributed by atoms with Crippen molar-refractivity contribution >= 4 is 17.6 Å². The number of hydrogen-bond acceptors (Lipinski definition) is 4. The highest BCUT2D eigenvalue weighted by Gasteiger charge is 2.19. The summed E-state index contributed by atoms with van der Waals surface area (Å²) in [6, 6.07) is 12.8. The van der Waals surface area contributed by atoms with Gasteiger partial charge in [-0.3, -0.25) is 4.79 Å². The number of aromatic nitrogens is 1. The lowest BCUT2D eigenvalue weighted by molar-refractivity contribution is -0.142. The van der Waals surface area contributed by atoms with Crippen molar-refractivity contribution < 1.29 is 18.3 Å². The molecular weight excluding hydrogens is 345 g/mol. The van der Waals surface area contributed by atoms with E-state index in [0.29, 0.717) is 27.9 Å². The minimum absolute atomic E-state index is 0.0174. The smallest absolute Gasteiger partial charge is 0.312 e. The summed E-state index contributed by atoms with van der Waals surface area (Å²) in [5.74, 6) is 0.0324. The van der Waals surface area contributed by atoms with Gasteiger partial charge in [0, 0.05) is 16.1 Å². The van der Waals surface area contributed by atoms with Crippen molar-refractivity contribution in [3.8, 4) is 22.8 Å². The molecule has 1 aromatic heterocycles. The molecular formula is C19H15ClFNO3. The molecule has 3 aromatic rings. The lowest BCUT2D eigenvalue weighted by atomic mass is 10.1. The van der Waals surface area contributed by atoms with E-state index in [2.05, 4.69) is 4.98 Å². The molecule has 4 nitrogen and oxygen atoms in total. The summed E-state index contributed by atoms with van der Waals surface area (Å²) in [6.07, 6.45) is -0.0174. The van der Waals surface area contributed by atoms with Gasteiger partial charge in [0.15, 0.2) is 5.76 Å². The average Bonchev–Trinajstić information content (AvgIpc) is 3.00. The Balaban J connectivity index is 2.02. The Morgan fingerprint density at radius 1 is 1.12 bits per heavy atom. The zero-order valence-electron chi connectivity index (χ0n) is 13.5. The molecule has 0 unspecified atom stereocenters. The number of esters is 1. The van der Waals surface area contributed by atoms with Crippen LogP contribution in [0.5, 0.6) is 0 Å². The molecule has 0 spiro atoms. The summed E-state index contributed by atoms with van der Waals surface area (Å²) in [5, 5.41) is 0.592.